The van der Waals surface area contributed by atoms with Crippen molar-refractivity contribution in [3.05, 3.63) is 59.2 Å². The maximum atomic E-state index is 13.4. The van der Waals surface area contributed by atoms with Gasteiger partial charge in [0.25, 0.3) is 11.8 Å². The number of halogens is 1. The highest BCUT2D eigenvalue weighted by molar-refractivity contribution is 6.05. The number of nitrogens with zero attached hydrogens (tertiary/aromatic N) is 1. The van der Waals surface area contributed by atoms with Gasteiger partial charge in [0.1, 0.15) is 0 Å². The summed E-state index contributed by atoms with van der Waals surface area (Å²) < 4.78 is 13.4. The maximum Gasteiger partial charge on any atom is 0.260 e. The molecule has 0 saturated heterocycles. The van der Waals surface area contributed by atoms with E-state index in [1.807, 2.05) is 0 Å². The summed E-state index contributed by atoms with van der Waals surface area (Å²) in [7, 11) is 1.54. The fraction of sp³-hybridized carbons (Fsp3) is 0.133. The number of aryl methyl sites for hydroxylation is 1. The van der Waals surface area contributed by atoms with Crippen molar-refractivity contribution >= 4 is 17.5 Å². The summed E-state index contributed by atoms with van der Waals surface area (Å²) in [4.78, 5) is 26.9. The van der Waals surface area contributed by atoms with E-state index in [2.05, 4.69) is 15.6 Å². The minimum Gasteiger partial charge on any atom is -0.355 e. The van der Waals surface area contributed by atoms with Crippen molar-refractivity contribution in [2.24, 2.45) is 0 Å². The molecule has 2 amide bonds. The number of hydrogen-bond donors (Lipinski definition) is 2. The van der Waals surface area contributed by atoms with E-state index in [-0.39, 0.29) is 11.5 Å². The number of rotatable bonds is 3. The fourth-order valence-corrected chi connectivity index (χ4v) is 1.83. The Morgan fingerprint density at radius 1 is 1.19 bits per heavy atom. The summed E-state index contributed by atoms with van der Waals surface area (Å²) in [6, 6.07) is 7.67. The van der Waals surface area contributed by atoms with Gasteiger partial charge in [0, 0.05) is 24.5 Å². The number of anilines is 1. The molecular weight excluding hydrogens is 273 g/mol. The zero-order valence-corrected chi connectivity index (χ0v) is 11.6. The molecule has 0 aliphatic heterocycles. The van der Waals surface area contributed by atoms with Crippen molar-refractivity contribution in [3.8, 4) is 0 Å². The Labute approximate surface area is 121 Å². The molecule has 0 bridgehead atoms. The summed E-state index contributed by atoms with van der Waals surface area (Å²) in [6.07, 6.45) is 1.27. The van der Waals surface area contributed by atoms with E-state index in [1.54, 1.807) is 32.2 Å². The van der Waals surface area contributed by atoms with Gasteiger partial charge in [0.15, 0.2) is 0 Å². The lowest BCUT2D eigenvalue weighted by molar-refractivity contribution is 0.0962. The van der Waals surface area contributed by atoms with Crippen LogP contribution in [0.2, 0.25) is 0 Å². The molecular formula is C15H14FN3O2. The number of carbonyl (C=O) groups excluding carboxylic acids is 2. The Morgan fingerprint density at radius 3 is 2.57 bits per heavy atom. The second-order valence-corrected chi connectivity index (χ2v) is 4.40. The number of benzene rings is 1. The molecule has 5 nitrogen and oxygen atoms in total. The molecule has 1 aromatic carbocycles. The molecule has 0 saturated carbocycles. The van der Waals surface area contributed by atoms with E-state index < -0.39 is 11.9 Å². The Hall–Kier alpha value is -2.76. The van der Waals surface area contributed by atoms with Crippen LogP contribution < -0.4 is 10.6 Å². The van der Waals surface area contributed by atoms with Crippen LogP contribution in [-0.2, 0) is 0 Å². The monoisotopic (exact) mass is 287 g/mol. The largest absolute Gasteiger partial charge is 0.355 e. The molecule has 21 heavy (non-hydrogen) atoms. The molecule has 108 valence electrons. The Kier molecular flexibility index (Phi) is 4.27. The lowest BCUT2D eigenvalue weighted by Gasteiger charge is -2.10. The molecule has 0 atom stereocenters. The first kappa shape index (κ1) is 14.6. The third kappa shape index (κ3) is 3.22. The van der Waals surface area contributed by atoms with Crippen LogP contribution in [0, 0.1) is 12.9 Å². The van der Waals surface area contributed by atoms with E-state index in [9.17, 15) is 14.0 Å². The summed E-state index contributed by atoms with van der Waals surface area (Å²) in [5, 5.41) is 5.12. The lowest BCUT2D eigenvalue weighted by atomic mass is 10.1. The van der Waals surface area contributed by atoms with Crippen molar-refractivity contribution in [2.45, 2.75) is 6.92 Å². The van der Waals surface area contributed by atoms with Crippen LogP contribution in [0.15, 0.2) is 36.5 Å². The van der Waals surface area contributed by atoms with Gasteiger partial charge in [-0.3, -0.25) is 9.59 Å². The van der Waals surface area contributed by atoms with E-state index in [1.165, 1.54) is 18.3 Å². The lowest BCUT2D eigenvalue weighted by Crippen LogP contribution is -2.19. The van der Waals surface area contributed by atoms with Crippen LogP contribution >= 0.6 is 0 Å². The molecule has 0 fully saturated rings. The van der Waals surface area contributed by atoms with Gasteiger partial charge in [-0.2, -0.15) is 4.39 Å². The van der Waals surface area contributed by atoms with E-state index in [0.717, 1.165) is 0 Å². The minimum atomic E-state index is -0.824. The second kappa shape index (κ2) is 6.13. The Morgan fingerprint density at radius 2 is 1.95 bits per heavy atom. The number of pyridine rings is 1. The van der Waals surface area contributed by atoms with E-state index >= 15 is 0 Å². The average Bonchev–Trinajstić information content (AvgIpc) is 2.48. The third-order valence-electron chi connectivity index (χ3n) is 2.97. The van der Waals surface area contributed by atoms with Crippen LogP contribution in [0.5, 0.6) is 0 Å². The standard InChI is InChI=1S/C15H14FN3O2/c1-9-8-10(14(20)17-2)5-6-12(9)19-15(21)11-4-3-7-18-13(11)16/h3-8H,1-2H3,(H,17,20)(H,19,21). The number of hydrogen-bond acceptors (Lipinski definition) is 3. The van der Waals surface area contributed by atoms with Crippen LogP contribution in [0.4, 0.5) is 10.1 Å². The van der Waals surface area contributed by atoms with Gasteiger partial charge in [-0.1, -0.05) is 0 Å². The normalized spacial score (nSPS) is 10.0. The number of amides is 2. The molecule has 2 rings (SSSR count). The van der Waals surface area contributed by atoms with Gasteiger partial charge < -0.3 is 10.6 Å². The van der Waals surface area contributed by atoms with Gasteiger partial charge in [-0.25, -0.2) is 4.98 Å². The van der Waals surface area contributed by atoms with Crippen LogP contribution in [0.1, 0.15) is 26.3 Å². The predicted octanol–water partition coefficient (Wildman–Crippen LogP) is 2.14. The Balaban J connectivity index is 2.22. The smallest absolute Gasteiger partial charge is 0.260 e. The zero-order chi connectivity index (χ0) is 15.4. The quantitative estimate of drug-likeness (QED) is 0.850. The molecule has 0 aliphatic rings. The molecule has 6 heteroatoms. The van der Waals surface area contributed by atoms with Crippen molar-refractivity contribution in [3.63, 3.8) is 0 Å². The van der Waals surface area contributed by atoms with Crippen LogP contribution in [0.3, 0.4) is 0 Å². The summed E-state index contributed by atoms with van der Waals surface area (Å²) in [6.45, 7) is 1.75. The highest BCUT2D eigenvalue weighted by Crippen LogP contribution is 2.18. The van der Waals surface area contributed by atoms with Gasteiger partial charge in [0.2, 0.25) is 5.95 Å². The van der Waals surface area contributed by atoms with Gasteiger partial charge >= 0.3 is 0 Å². The molecule has 0 aliphatic carbocycles. The molecule has 2 aromatic rings. The van der Waals surface area contributed by atoms with E-state index in [4.69, 9.17) is 0 Å². The van der Waals surface area contributed by atoms with Gasteiger partial charge in [0.05, 0.1) is 5.56 Å². The summed E-state index contributed by atoms with van der Waals surface area (Å²) in [5.74, 6) is -1.62. The highest BCUT2D eigenvalue weighted by Gasteiger charge is 2.14. The zero-order valence-electron chi connectivity index (χ0n) is 11.6. The topological polar surface area (TPSA) is 71.1 Å². The first-order valence-electron chi connectivity index (χ1n) is 6.27. The SMILES string of the molecule is CNC(=O)c1ccc(NC(=O)c2cccnc2F)c(C)c1. The third-order valence-corrected chi connectivity index (χ3v) is 2.97. The number of nitrogens with one attached hydrogen (secondary N) is 2. The molecule has 0 unspecified atom stereocenters. The maximum absolute atomic E-state index is 13.4. The molecule has 0 spiro atoms. The van der Waals surface area contributed by atoms with Crippen molar-refractivity contribution < 1.29 is 14.0 Å². The van der Waals surface area contributed by atoms with Crippen molar-refractivity contribution in [1.29, 1.82) is 0 Å². The Bertz CT molecular complexity index is 701. The summed E-state index contributed by atoms with van der Waals surface area (Å²) in [5.41, 5.74) is 1.57. The molecule has 1 aromatic heterocycles. The fourth-order valence-electron chi connectivity index (χ4n) is 1.83. The molecule has 0 radical (unpaired) electrons. The van der Waals surface area contributed by atoms with E-state index in [0.29, 0.717) is 16.8 Å². The predicted molar refractivity (Wildman–Crippen MR) is 76.7 cm³/mol. The van der Waals surface area contributed by atoms with Crippen molar-refractivity contribution in [1.82, 2.24) is 10.3 Å². The second-order valence-electron chi connectivity index (χ2n) is 4.40. The molecule has 1 heterocycles. The number of carbonyl (C=O) groups is 2. The van der Waals surface area contributed by atoms with Crippen LogP contribution in [-0.4, -0.2) is 23.8 Å². The average molecular weight is 287 g/mol. The first-order chi connectivity index (χ1) is 10.0. The number of aromatic nitrogens is 1. The van der Waals surface area contributed by atoms with Crippen molar-refractivity contribution in [2.75, 3.05) is 12.4 Å². The first-order valence-corrected chi connectivity index (χ1v) is 6.27. The highest BCUT2D eigenvalue weighted by atomic mass is 19.1. The minimum absolute atomic E-state index is 0.132. The van der Waals surface area contributed by atoms with Crippen LogP contribution in [0.25, 0.3) is 0 Å². The van der Waals surface area contributed by atoms with Gasteiger partial charge in [-0.05, 0) is 42.8 Å². The van der Waals surface area contributed by atoms with Gasteiger partial charge in [-0.15, -0.1) is 0 Å². The molecule has 2 N–H and O–H groups in total. The summed E-state index contributed by atoms with van der Waals surface area (Å²) >= 11 is 0.